The van der Waals surface area contributed by atoms with Crippen LogP contribution < -0.4 is 10.2 Å². The fourth-order valence-corrected chi connectivity index (χ4v) is 4.96. The Hall–Kier alpha value is -1.69. The predicted molar refractivity (Wildman–Crippen MR) is 97.8 cm³/mol. The van der Waals surface area contributed by atoms with Crippen molar-refractivity contribution in [1.82, 2.24) is 0 Å². The number of benzene rings is 2. The lowest BCUT2D eigenvalue weighted by Gasteiger charge is -2.32. The summed E-state index contributed by atoms with van der Waals surface area (Å²) in [7, 11) is 0. The number of hydrogen-bond acceptors (Lipinski definition) is 3. The molecule has 7 heteroatoms. The lowest BCUT2D eigenvalue weighted by atomic mass is 10.0. The van der Waals surface area contributed by atoms with E-state index in [0.717, 1.165) is 11.3 Å². The maximum atomic E-state index is 12.9. The lowest BCUT2D eigenvalue weighted by molar-refractivity contribution is -0.122. The average Bonchev–Trinajstić information content (AvgIpc) is 2.98. The third kappa shape index (κ3) is 2.01. The van der Waals surface area contributed by atoms with E-state index >= 15 is 0 Å². The van der Waals surface area contributed by atoms with Crippen molar-refractivity contribution in [3.8, 4) is 0 Å². The van der Waals surface area contributed by atoms with Crippen molar-refractivity contribution in [3.63, 3.8) is 0 Å². The summed E-state index contributed by atoms with van der Waals surface area (Å²) in [6, 6.07) is 12.4. The van der Waals surface area contributed by atoms with Crippen LogP contribution in [-0.2, 0) is 14.5 Å². The van der Waals surface area contributed by atoms with Gasteiger partial charge in [-0.05, 0) is 31.2 Å². The van der Waals surface area contributed by atoms with E-state index in [4.69, 9.17) is 23.2 Å². The van der Waals surface area contributed by atoms with Crippen molar-refractivity contribution in [2.45, 2.75) is 17.0 Å². The summed E-state index contributed by atoms with van der Waals surface area (Å²) < 4.78 is 0. The molecule has 1 saturated heterocycles. The number of halogens is 2. The first-order chi connectivity index (χ1) is 11.4. The van der Waals surface area contributed by atoms with Gasteiger partial charge in [-0.2, -0.15) is 0 Å². The van der Waals surface area contributed by atoms with E-state index in [1.807, 2.05) is 24.3 Å². The highest BCUT2D eigenvalue weighted by molar-refractivity contribution is 8.03. The molecular formula is C17H12Cl2N2O2S. The van der Waals surface area contributed by atoms with E-state index in [1.165, 1.54) is 16.7 Å². The topological polar surface area (TPSA) is 49.4 Å². The van der Waals surface area contributed by atoms with Crippen LogP contribution in [0.2, 0.25) is 10.0 Å². The minimum Gasteiger partial charge on any atom is -0.323 e. The third-order valence-corrected chi connectivity index (χ3v) is 6.46. The molecule has 2 heterocycles. The molecule has 4 rings (SSSR count). The lowest BCUT2D eigenvalue weighted by Crippen LogP contribution is -2.47. The van der Waals surface area contributed by atoms with Crippen LogP contribution in [-0.4, -0.2) is 17.1 Å². The first-order valence-electron chi connectivity index (χ1n) is 7.33. The summed E-state index contributed by atoms with van der Waals surface area (Å²) in [5, 5.41) is 3.28. The molecule has 0 aromatic heterocycles. The summed E-state index contributed by atoms with van der Waals surface area (Å²) in [5.41, 5.74) is 2.06. The summed E-state index contributed by atoms with van der Waals surface area (Å²) >= 11 is 13.5. The molecule has 4 nitrogen and oxygen atoms in total. The molecule has 122 valence electrons. The van der Waals surface area contributed by atoms with Crippen LogP contribution >= 0.6 is 35.0 Å². The fraction of sp³-hybridized carbons (Fsp3) is 0.176. The number of para-hydroxylation sites is 1. The van der Waals surface area contributed by atoms with Crippen LogP contribution in [0.5, 0.6) is 0 Å². The summed E-state index contributed by atoms with van der Waals surface area (Å²) in [4.78, 5) is 26.2. The van der Waals surface area contributed by atoms with Crippen LogP contribution in [0.4, 0.5) is 11.4 Å². The third-order valence-electron chi connectivity index (χ3n) is 4.24. The van der Waals surface area contributed by atoms with E-state index in [0.29, 0.717) is 15.7 Å². The molecule has 2 atom stereocenters. The Labute approximate surface area is 153 Å². The van der Waals surface area contributed by atoms with Crippen molar-refractivity contribution in [1.29, 1.82) is 0 Å². The molecule has 2 aliphatic rings. The molecule has 1 spiro atoms. The molecule has 0 radical (unpaired) electrons. The second-order valence-corrected chi connectivity index (χ2v) is 8.02. The summed E-state index contributed by atoms with van der Waals surface area (Å²) in [6.45, 7) is 1.81. The first-order valence-corrected chi connectivity index (χ1v) is 8.96. The number of thioether (sulfide) groups is 1. The SMILES string of the molecule is C[C@@H]1S[C@]2(C(=O)Nc3ccccc32)N(c2ccc(Cl)c(Cl)c2)C1=O. The number of carbonyl (C=O) groups is 2. The van der Waals surface area contributed by atoms with E-state index < -0.39 is 4.87 Å². The van der Waals surface area contributed by atoms with E-state index in [-0.39, 0.29) is 17.1 Å². The van der Waals surface area contributed by atoms with Gasteiger partial charge in [0.05, 0.1) is 15.3 Å². The molecule has 0 unspecified atom stereocenters. The van der Waals surface area contributed by atoms with Gasteiger partial charge in [0.1, 0.15) is 0 Å². The van der Waals surface area contributed by atoms with E-state index in [9.17, 15) is 9.59 Å². The van der Waals surface area contributed by atoms with Crippen molar-refractivity contribution < 1.29 is 9.59 Å². The largest absolute Gasteiger partial charge is 0.323 e. The molecular weight excluding hydrogens is 367 g/mol. The van der Waals surface area contributed by atoms with Crippen LogP contribution in [0.15, 0.2) is 42.5 Å². The van der Waals surface area contributed by atoms with Crippen molar-refractivity contribution >= 4 is 58.2 Å². The van der Waals surface area contributed by atoms with Gasteiger partial charge in [0.25, 0.3) is 5.91 Å². The zero-order chi connectivity index (χ0) is 17.1. The number of fused-ring (bicyclic) bond motifs is 2. The minimum atomic E-state index is -1.12. The number of carbonyl (C=O) groups excluding carboxylic acids is 2. The molecule has 2 amide bonds. The Bertz CT molecular complexity index is 889. The summed E-state index contributed by atoms with van der Waals surface area (Å²) in [5.74, 6) is -0.359. The van der Waals surface area contributed by atoms with E-state index in [1.54, 1.807) is 25.1 Å². The standard InChI is InChI=1S/C17H12Cl2N2O2S/c1-9-15(22)21(10-6-7-12(18)13(19)8-10)17(24-9)11-4-2-3-5-14(11)20-16(17)23/h2-9H,1H3,(H,20,23)/t9-,17+/m0/s1. The van der Waals surface area contributed by atoms with E-state index in [2.05, 4.69) is 5.32 Å². The predicted octanol–water partition coefficient (Wildman–Crippen LogP) is 4.27. The normalized spacial score (nSPS) is 25.3. The minimum absolute atomic E-state index is 0.134. The van der Waals surface area contributed by atoms with Crippen LogP contribution in [0.1, 0.15) is 12.5 Å². The molecule has 0 saturated carbocycles. The fourth-order valence-electron chi connectivity index (χ4n) is 3.19. The van der Waals surface area contributed by atoms with Gasteiger partial charge in [-0.15, -0.1) is 11.8 Å². The monoisotopic (exact) mass is 378 g/mol. The van der Waals surface area contributed by atoms with Crippen LogP contribution in [0, 0.1) is 0 Å². The Balaban J connectivity index is 1.95. The number of rotatable bonds is 1. The van der Waals surface area contributed by atoms with Gasteiger partial charge in [0.2, 0.25) is 10.8 Å². The maximum absolute atomic E-state index is 12.9. The Kier molecular flexibility index (Phi) is 3.56. The number of nitrogens with zero attached hydrogens (tertiary/aromatic N) is 1. The van der Waals surface area contributed by atoms with Crippen molar-refractivity contribution in [2.75, 3.05) is 10.2 Å². The molecule has 2 aromatic carbocycles. The van der Waals surface area contributed by atoms with Gasteiger partial charge in [-0.25, -0.2) is 0 Å². The second kappa shape index (κ2) is 5.41. The van der Waals surface area contributed by atoms with Crippen LogP contribution in [0.25, 0.3) is 0 Å². The first kappa shape index (κ1) is 15.8. The Morgan fingerprint density at radius 3 is 2.62 bits per heavy atom. The van der Waals surface area contributed by atoms with Gasteiger partial charge in [0, 0.05) is 16.9 Å². The smallest absolute Gasteiger partial charge is 0.266 e. The van der Waals surface area contributed by atoms with Gasteiger partial charge >= 0.3 is 0 Å². The molecule has 0 aliphatic carbocycles. The quantitative estimate of drug-likeness (QED) is 0.805. The second-order valence-electron chi connectivity index (χ2n) is 5.68. The number of amides is 2. The number of nitrogens with one attached hydrogen (secondary N) is 1. The highest BCUT2D eigenvalue weighted by Crippen LogP contribution is 2.56. The number of anilines is 2. The molecule has 24 heavy (non-hydrogen) atoms. The molecule has 2 aliphatic heterocycles. The van der Waals surface area contributed by atoms with Crippen molar-refractivity contribution in [3.05, 3.63) is 58.1 Å². The molecule has 1 N–H and O–H groups in total. The Morgan fingerprint density at radius 2 is 1.88 bits per heavy atom. The molecule has 1 fully saturated rings. The maximum Gasteiger partial charge on any atom is 0.266 e. The highest BCUT2D eigenvalue weighted by Gasteiger charge is 2.60. The van der Waals surface area contributed by atoms with Crippen molar-refractivity contribution in [2.24, 2.45) is 0 Å². The molecule has 2 aromatic rings. The number of hydrogen-bond donors (Lipinski definition) is 1. The Morgan fingerprint density at radius 1 is 1.12 bits per heavy atom. The van der Waals surface area contributed by atoms with Gasteiger partial charge in [-0.3, -0.25) is 14.5 Å². The zero-order valence-electron chi connectivity index (χ0n) is 12.5. The van der Waals surface area contributed by atoms with Gasteiger partial charge < -0.3 is 5.32 Å². The molecule has 0 bridgehead atoms. The van der Waals surface area contributed by atoms with Crippen LogP contribution in [0.3, 0.4) is 0 Å². The average molecular weight is 379 g/mol. The summed E-state index contributed by atoms with van der Waals surface area (Å²) in [6.07, 6.45) is 0. The van der Waals surface area contributed by atoms with Gasteiger partial charge in [0.15, 0.2) is 0 Å². The highest BCUT2D eigenvalue weighted by atomic mass is 35.5. The van der Waals surface area contributed by atoms with Gasteiger partial charge in [-0.1, -0.05) is 41.4 Å². The zero-order valence-corrected chi connectivity index (χ0v) is 14.9.